The van der Waals surface area contributed by atoms with Crippen LogP contribution in [0.1, 0.15) is 12.8 Å². The molecular weight excluding hydrogens is 256 g/mol. The molecule has 18 heavy (non-hydrogen) atoms. The Kier molecular flexibility index (Phi) is 4.98. The highest BCUT2D eigenvalue weighted by Gasteiger charge is 2.12. The van der Waals surface area contributed by atoms with Gasteiger partial charge in [0.25, 0.3) is 5.56 Å². The average molecular weight is 273 g/mol. The molecular formula is C11H17ClN4O2. The van der Waals surface area contributed by atoms with Crippen molar-refractivity contribution in [3.63, 3.8) is 0 Å². The van der Waals surface area contributed by atoms with Gasteiger partial charge in [-0.25, -0.2) is 5.10 Å². The zero-order valence-corrected chi connectivity index (χ0v) is 10.8. The van der Waals surface area contributed by atoms with Crippen LogP contribution in [0.3, 0.4) is 0 Å². The molecule has 0 spiro atoms. The van der Waals surface area contributed by atoms with Gasteiger partial charge in [-0.05, 0) is 25.9 Å². The van der Waals surface area contributed by atoms with Crippen molar-refractivity contribution in [2.75, 3.05) is 31.6 Å². The first-order chi connectivity index (χ1) is 8.77. The van der Waals surface area contributed by atoms with E-state index >= 15 is 0 Å². The molecule has 0 bridgehead atoms. The molecule has 0 saturated carbocycles. The summed E-state index contributed by atoms with van der Waals surface area (Å²) in [7, 11) is 0. The number of hydrogen-bond acceptors (Lipinski definition) is 5. The standard InChI is InChI=1S/C11H17ClN4O2/c12-10-9(7-15-16-11(10)17)14-5-6-18-8-1-3-13-4-2-8/h7-8,13H,1-6H2,(H2,14,16,17). The summed E-state index contributed by atoms with van der Waals surface area (Å²) in [4.78, 5) is 11.2. The van der Waals surface area contributed by atoms with Gasteiger partial charge in [-0.15, -0.1) is 0 Å². The molecule has 0 aromatic carbocycles. The summed E-state index contributed by atoms with van der Waals surface area (Å²) in [5.74, 6) is 0. The van der Waals surface area contributed by atoms with Crippen molar-refractivity contribution in [3.05, 3.63) is 21.6 Å². The van der Waals surface area contributed by atoms with Crippen LogP contribution < -0.4 is 16.2 Å². The molecule has 3 N–H and O–H groups in total. The number of hydrogen-bond donors (Lipinski definition) is 3. The van der Waals surface area contributed by atoms with Gasteiger partial charge in [0.1, 0.15) is 5.02 Å². The number of rotatable bonds is 5. The third-order valence-corrected chi connectivity index (χ3v) is 3.23. The lowest BCUT2D eigenvalue weighted by atomic mass is 10.1. The number of halogens is 1. The SMILES string of the molecule is O=c1[nH]ncc(NCCOC2CCNCC2)c1Cl. The Morgan fingerprint density at radius 1 is 1.50 bits per heavy atom. The predicted octanol–water partition coefficient (Wildman–Crippen LogP) is 0.604. The van der Waals surface area contributed by atoms with E-state index in [9.17, 15) is 4.79 Å². The summed E-state index contributed by atoms with van der Waals surface area (Å²) in [5.41, 5.74) is 0.148. The number of piperidine rings is 1. The minimum Gasteiger partial charge on any atom is -0.380 e. The minimum atomic E-state index is -0.388. The lowest BCUT2D eigenvalue weighted by Gasteiger charge is -2.23. The van der Waals surface area contributed by atoms with E-state index in [4.69, 9.17) is 16.3 Å². The van der Waals surface area contributed by atoms with Crippen LogP contribution in [-0.2, 0) is 4.74 Å². The third-order valence-electron chi connectivity index (χ3n) is 2.85. The van der Waals surface area contributed by atoms with Gasteiger partial charge in [-0.1, -0.05) is 11.6 Å². The molecule has 0 amide bonds. The second-order valence-electron chi connectivity index (χ2n) is 4.17. The van der Waals surface area contributed by atoms with E-state index in [1.807, 2.05) is 0 Å². The van der Waals surface area contributed by atoms with Crippen molar-refractivity contribution < 1.29 is 4.74 Å². The summed E-state index contributed by atoms with van der Waals surface area (Å²) in [6, 6.07) is 0. The first kappa shape index (κ1) is 13.3. The van der Waals surface area contributed by atoms with Crippen LogP contribution in [0.5, 0.6) is 0 Å². The van der Waals surface area contributed by atoms with Crippen LogP contribution in [0.4, 0.5) is 5.69 Å². The lowest BCUT2D eigenvalue weighted by molar-refractivity contribution is 0.0394. The van der Waals surface area contributed by atoms with E-state index in [2.05, 4.69) is 20.8 Å². The van der Waals surface area contributed by atoms with Crippen LogP contribution in [0.15, 0.2) is 11.0 Å². The number of aromatic nitrogens is 2. The fourth-order valence-corrected chi connectivity index (χ4v) is 2.04. The largest absolute Gasteiger partial charge is 0.380 e. The first-order valence-electron chi connectivity index (χ1n) is 6.07. The number of ether oxygens (including phenoxy) is 1. The summed E-state index contributed by atoms with van der Waals surface area (Å²) in [5, 5.41) is 12.4. The maximum atomic E-state index is 11.2. The lowest BCUT2D eigenvalue weighted by Crippen LogP contribution is -2.33. The highest BCUT2D eigenvalue weighted by molar-refractivity contribution is 6.32. The Morgan fingerprint density at radius 3 is 3.06 bits per heavy atom. The Bertz CT molecular complexity index is 431. The molecule has 0 unspecified atom stereocenters. The van der Waals surface area contributed by atoms with E-state index in [1.54, 1.807) is 0 Å². The van der Waals surface area contributed by atoms with Crippen LogP contribution >= 0.6 is 11.6 Å². The maximum Gasteiger partial charge on any atom is 0.285 e. The second-order valence-corrected chi connectivity index (χ2v) is 4.55. The van der Waals surface area contributed by atoms with Crippen molar-refractivity contribution in [2.24, 2.45) is 0 Å². The summed E-state index contributed by atoms with van der Waals surface area (Å²) < 4.78 is 5.72. The number of nitrogens with one attached hydrogen (secondary N) is 3. The minimum absolute atomic E-state index is 0.131. The van der Waals surface area contributed by atoms with Crippen molar-refractivity contribution in [1.29, 1.82) is 0 Å². The number of anilines is 1. The zero-order valence-electron chi connectivity index (χ0n) is 10.0. The molecule has 0 aliphatic carbocycles. The van der Waals surface area contributed by atoms with E-state index in [0.29, 0.717) is 24.9 Å². The van der Waals surface area contributed by atoms with Crippen molar-refractivity contribution in [2.45, 2.75) is 18.9 Å². The molecule has 1 aromatic heterocycles. The van der Waals surface area contributed by atoms with Crippen molar-refractivity contribution in [1.82, 2.24) is 15.5 Å². The van der Waals surface area contributed by atoms with Gasteiger partial charge in [0.15, 0.2) is 0 Å². The summed E-state index contributed by atoms with van der Waals surface area (Å²) in [6.45, 7) is 3.23. The summed E-state index contributed by atoms with van der Waals surface area (Å²) >= 11 is 5.83. The first-order valence-corrected chi connectivity index (χ1v) is 6.44. The smallest absolute Gasteiger partial charge is 0.285 e. The monoisotopic (exact) mass is 272 g/mol. The molecule has 2 rings (SSSR count). The van der Waals surface area contributed by atoms with Gasteiger partial charge in [-0.3, -0.25) is 4.79 Å². The Balaban J connectivity index is 1.71. The van der Waals surface area contributed by atoms with E-state index in [-0.39, 0.29) is 10.6 Å². The van der Waals surface area contributed by atoms with Crippen molar-refractivity contribution in [3.8, 4) is 0 Å². The van der Waals surface area contributed by atoms with Gasteiger partial charge in [0.2, 0.25) is 0 Å². The topological polar surface area (TPSA) is 79.0 Å². The Morgan fingerprint density at radius 2 is 2.28 bits per heavy atom. The van der Waals surface area contributed by atoms with Gasteiger partial charge in [0.05, 0.1) is 24.6 Å². The molecule has 1 saturated heterocycles. The molecule has 1 aliphatic heterocycles. The van der Waals surface area contributed by atoms with Crippen LogP contribution in [-0.4, -0.2) is 42.5 Å². The summed E-state index contributed by atoms with van der Waals surface area (Å²) in [6.07, 6.45) is 3.93. The average Bonchev–Trinajstić information content (AvgIpc) is 2.40. The van der Waals surface area contributed by atoms with Crippen LogP contribution in [0.25, 0.3) is 0 Å². The van der Waals surface area contributed by atoms with Crippen molar-refractivity contribution >= 4 is 17.3 Å². The highest BCUT2D eigenvalue weighted by Crippen LogP contribution is 2.14. The molecule has 0 radical (unpaired) electrons. The molecule has 100 valence electrons. The predicted molar refractivity (Wildman–Crippen MR) is 70.2 cm³/mol. The zero-order chi connectivity index (χ0) is 12.8. The molecule has 7 heteroatoms. The molecule has 1 aliphatic rings. The number of nitrogens with zero attached hydrogens (tertiary/aromatic N) is 1. The fraction of sp³-hybridized carbons (Fsp3) is 0.636. The van der Waals surface area contributed by atoms with Gasteiger partial charge in [-0.2, -0.15) is 5.10 Å². The normalized spacial score (nSPS) is 16.7. The van der Waals surface area contributed by atoms with Gasteiger partial charge < -0.3 is 15.4 Å². The Hall–Kier alpha value is -1.11. The Labute approximate surface area is 110 Å². The second kappa shape index (κ2) is 6.72. The van der Waals surface area contributed by atoms with Gasteiger partial charge >= 0.3 is 0 Å². The maximum absolute atomic E-state index is 11.2. The quantitative estimate of drug-likeness (QED) is 0.684. The molecule has 1 aromatic rings. The molecule has 1 fully saturated rings. The van der Waals surface area contributed by atoms with E-state index in [0.717, 1.165) is 25.9 Å². The van der Waals surface area contributed by atoms with Crippen LogP contribution in [0.2, 0.25) is 5.02 Å². The number of H-pyrrole nitrogens is 1. The van der Waals surface area contributed by atoms with Gasteiger partial charge in [0, 0.05) is 6.54 Å². The molecule has 2 heterocycles. The van der Waals surface area contributed by atoms with E-state index in [1.165, 1.54) is 6.20 Å². The molecule has 0 atom stereocenters. The highest BCUT2D eigenvalue weighted by atomic mass is 35.5. The van der Waals surface area contributed by atoms with Crippen LogP contribution in [0, 0.1) is 0 Å². The third kappa shape index (κ3) is 3.69. The fourth-order valence-electron chi connectivity index (χ4n) is 1.88. The van der Waals surface area contributed by atoms with E-state index < -0.39 is 0 Å². The molecule has 6 nitrogen and oxygen atoms in total. The number of aromatic amines is 1.